The molecule has 3 heterocycles. The van der Waals surface area contributed by atoms with Gasteiger partial charge in [0.1, 0.15) is 6.04 Å². The van der Waals surface area contributed by atoms with E-state index in [1.807, 2.05) is 30.3 Å². The highest BCUT2D eigenvalue weighted by molar-refractivity contribution is 5.92. The normalized spacial score (nSPS) is 27.5. The van der Waals surface area contributed by atoms with Gasteiger partial charge in [-0.05, 0) is 37.9 Å². The molecule has 4 rings (SSSR count). The lowest BCUT2D eigenvalue weighted by Crippen LogP contribution is -2.53. The SMILES string of the molecule is Cl.O=C(CN1CCC(NC(=O)C2NNC3CCNCC32)CC1)Nc1ccccc1. The fourth-order valence-electron chi connectivity index (χ4n) is 4.43. The Morgan fingerprint density at radius 2 is 1.83 bits per heavy atom. The summed E-state index contributed by atoms with van der Waals surface area (Å²) in [6.45, 7) is 3.89. The van der Waals surface area contributed by atoms with Crippen LogP contribution in [0.3, 0.4) is 0 Å². The van der Waals surface area contributed by atoms with Gasteiger partial charge in [-0.15, -0.1) is 12.4 Å². The molecule has 3 unspecified atom stereocenters. The first-order valence-electron chi connectivity index (χ1n) is 10.3. The maximum absolute atomic E-state index is 12.7. The Kier molecular flexibility index (Phi) is 7.85. The van der Waals surface area contributed by atoms with Crippen molar-refractivity contribution in [3.63, 3.8) is 0 Å². The zero-order chi connectivity index (χ0) is 19.3. The van der Waals surface area contributed by atoms with Gasteiger partial charge in [-0.2, -0.15) is 0 Å². The van der Waals surface area contributed by atoms with Crippen molar-refractivity contribution in [2.45, 2.75) is 37.4 Å². The molecule has 3 saturated heterocycles. The van der Waals surface area contributed by atoms with Crippen molar-refractivity contribution >= 4 is 29.9 Å². The lowest BCUT2D eigenvalue weighted by molar-refractivity contribution is -0.125. The molecular weight excluding hydrogens is 392 g/mol. The van der Waals surface area contributed by atoms with Crippen molar-refractivity contribution in [2.75, 3.05) is 38.0 Å². The summed E-state index contributed by atoms with van der Waals surface area (Å²) < 4.78 is 0. The summed E-state index contributed by atoms with van der Waals surface area (Å²) in [6.07, 6.45) is 2.79. The smallest absolute Gasteiger partial charge is 0.239 e. The van der Waals surface area contributed by atoms with Crippen LogP contribution in [0.25, 0.3) is 0 Å². The first-order chi connectivity index (χ1) is 13.7. The van der Waals surface area contributed by atoms with Crippen molar-refractivity contribution in [1.82, 2.24) is 26.4 Å². The Morgan fingerprint density at radius 1 is 1.07 bits per heavy atom. The van der Waals surface area contributed by atoms with Gasteiger partial charge in [-0.1, -0.05) is 18.2 Å². The number of carbonyl (C=O) groups excluding carboxylic acids is 2. The Labute approximate surface area is 177 Å². The third kappa shape index (κ3) is 5.67. The van der Waals surface area contributed by atoms with Crippen LogP contribution in [-0.4, -0.2) is 67.6 Å². The average Bonchev–Trinajstić information content (AvgIpc) is 3.14. The molecule has 3 aliphatic heterocycles. The zero-order valence-corrected chi connectivity index (χ0v) is 17.3. The number of hydrazine groups is 1. The molecule has 1 aromatic carbocycles. The minimum Gasteiger partial charge on any atom is -0.352 e. The van der Waals surface area contributed by atoms with Gasteiger partial charge in [0.25, 0.3) is 0 Å². The number of piperidine rings is 2. The molecule has 0 saturated carbocycles. The van der Waals surface area contributed by atoms with E-state index in [1.54, 1.807) is 0 Å². The van der Waals surface area contributed by atoms with Gasteiger partial charge in [0.05, 0.1) is 6.54 Å². The summed E-state index contributed by atoms with van der Waals surface area (Å²) in [5.41, 5.74) is 7.27. The number of amides is 2. The van der Waals surface area contributed by atoms with Crippen LogP contribution in [0.5, 0.6) is 0 Å². The molecular formula is C20H31ClN6O2. The number of para-hydroxylation sites is 1. The molecule has 0 radical (unpaired) electrons. The number of carbonyl (C=O) groups is 2. The maximum Gasteiger partial charge on any atom is 0.239 e. The maximum atomic E-state index is 12.7. The number of anilines is 1. The van der Waals surface area contributed by atoms with Crippen LogP contribution in [0.1, 0.15) is 19.3 Å². The summed E-state index contributed by atoms with van der Waals surface area (Å²) in [5.74, 6) is 0.394. The largest absolute Gasteiger partial charge is 0.352 e. The molecule has 8 nitrogen and oxygen atoms in total. The number of nitrogens with one attached hydrogen (secondary N) is 5. The Balaban J connectivity index is 0.00000240. The van der Waals surface area contributed by atoms with Crippen LogP contribution < -0.4 is 26.8 Å². The molecule has 160 valence electrons. The van der Waals surface area contributed by atoms with Crippen LogP contribution in [0.15, 0.2) is 30.3 Å². The Bertz CT molecular complexity index is 683. The molecule has 9 heteroatoms. The van der Waals surface area contributed by atoms with Gasteiger partial charge < -0.3 is 16.0 Å². The monoisotopic (exact) mass is 422 g/mol. The van der Waals surface area contributed by atoms with Crippen molar-refractivity contribution in [2.24, 2.45) is 5.92 Å². The predicted octanol–water partition coefficient (Wildman–Crippen LogP) is 0.0820. The van der Waals surface area contributed by atoms with E-state index >= 15 is 0 Å². The van der Waals surface area contributed by atoms with Crippen LogP contribution in [-0.2, 0) is 9.59 Å². The number of likely N-dealkylation sites (tertiary alicyclic amines) is 1. The van der Waals surface area contributed by atoms with Crippen LogP contribution >= 0.6 is 12.4 Å². The minimum atomic E-state index is -0.174. The first kappa shape index (κ1) is 22.0. The van der Waals surface area contributed by atoms with E-state index < -0.39 is 0 Å². The van der Waals surface area contributed by atoms with Crippen molar-refractivity contribution < 1.29 is 9.59 Å². The summed E-state index contributed by atoms with van der Waals surface area (Å²) in [4.78, 5) is 27.1. The summed E-state index contributed by atoms with van der Waals surface area (Å²) in [7, 11) is 0. The summed E-state index contributed by atoms with van der Waals surface area (Å²) >= 11 is 0. The lowest BCUT2D eigenvalue weighted by atomic mass is 9.89. The fraction of sp³-hybridized carbons (Fsp3) is 0.600. The van der Waals surface area contributed by atoms with Crippen LogP contribution in [0, 0.1) is 5.92 Å². The van der Waals surface area contributed by atoms with Crippen molar-refractivity contribution in [3.05, 3.63) is 30.3 Å². The van der Waals surface area contributed by atoms with Gasteiger partial charge in [0.2, 0.25) is 11.8 Å². The number of fused-ring (bicyclic) bond motifs is 1. The van der Waals surface area contributed by atoms with E-state index in [1.165, 1.54) is 0 Å². The summed E-state index contributed by atoms with van der Waals surface area (Å²) in [6, 6.07) is 9.90. The molecule has 0 aromatic heterocycles. The highest BCUT2D eigenvalue weighted by Crippen LogP contribution is 2.21. The molecule has 29 heavy (non-hydrogen) atoms. The van der Waals surface area contributed by atoms with E-state index in [0.717, 1.165) is 51.1 Å². The van der Waals surface area contributed by atoms with Crippen LogP contribution in [0.4, 0.5) is 5.69 Å². The second-order valence-electron chi connectivity index (χ2n) is 8.00. The molecule has 0 aliphatic carbocycles. The van der Waals surface area contributed by atoms with E-state index in [4.69, 9.17) is 0 Å². The molecule has 2 amide bonds. The van der Waals surface area contributed by atoms with E-state index in [2.05, 4.69) is 31.7 Å². The number of benzene rings is 1. The number of hydrogen-bond donors (Lipinski definition) is 5. The van der Waals surface area contributed by atoms with Crippen LogP contribution in [0.2, 0.25) is 0 Å². The van der Waals surface area contributed by atoms with E-state index in [9.17, 15) is 9.59 Å². The molecule has 3 atom stereocenters. The van der Waals surface area contributed by atoms with Crippen molar-refractivity contribution in [3.8, 4) is 0 Å². The first-order valence-corrected chi connectivity index (χ1v) is 10.3. The third-order valence-corrected chi connectivity index (χ3v) is 6.02. The van der Waals surface area contributed by atoms with Gasteiger partial charge in [-0.3, -0.25) is 19.9 Å². The minimum absolute atomic E-state index is 0. The highest BCUT2D eigenvalue weighted by Gasteiger charge is 2.41. The lowest BCUT2D eigenvalue weighted by Gasteiger charge is -2.33. The Morgan fingerprint density at radius 3 is 2.59 bits per heavy atom. The molecule has 0 bridgehead atoms. The number of rotatable bonds is 5. The highest BCUT2D eigenvalue weighted by atomic mass is 35.5. The number of halogens is 1. The number of hydrogen-bond acceptors (Lipinski definition) is 6. The molecule has 3 fully saturated rings. The summed E-state index contributed by atoms with van der Waals surface area (Å²) in [5, 5.41) is 9.52. The average molecular weight is 423 g/mol. The van der Waals surface area contributed by atoms with E-state index in [0.29, 0.717) is 18.5 Å². The van der Waals surface area contributed by atoms with Gasteiger partial charge in [0, 0.05) is 43.3 Å². The molecule has 5 N–H and O–H groups in total. The third-order valence-electron chi connectivity index (χ3n) is 6.02. The predicted molar refractivity (Wildman–Crippen MR) is 115 cm³/mol. The standard InChI is InChI=1S/C20H30N6O2.ClH/c27-18(22-14-4-2-1-3-5-14)13-26-10-7-15(8-11-26)23-20(28)19-16-12-21-9-6-17(16)24-25-19;/h1-5,15-17,19,21,24-25H,6-13H2,(H,22,27)(H,23,28);1H. The second kappa shape index (κ2) is 10.4. The van der Waals surface area contributed by atoms with Gasteiger partial charge >= 0.3 is 0 Å². The quantitative estimate of drug-likeness (QED) is 0.461. The fourth-order valence-corrected chi connectivity index (χ4v) is 4.43. The van der Waals surface area contributed by atoms with Crippen molar-refractivity contribution in [1.29, 1.82) is 0 Å². The van der Waals surface area contributed by atoms with E-state index in [-0.39, 0.29) is 36.3 Å². The molecule has 0 spiro atoms. The van der Waals surface area contributed by atoms with Gasteiger partial charge in [0.15, 0.2) is 0 Å². The molecule has 3 aliphatic rings. The Hall–Kier alpha value is -1.71. The topological polar surface area (TPSA) is 97.5 Å². The second-order valence-corrected chi connectivity index (χ2v) is 8.00. The molecule has 1 aromatic rings. The number of nitrogens with zero attached hydrogens (tertiary/aromatic N) is 1. The zero-order valence-electron chi connectivity index (χ0n) is 16.5. The van der Waals surface area contributed by atoms with Gasteiger partial charge in [-0.25, -0.2) is 5.43 Å².